The molecular formula is C31H26BrClN6O2. The zero-order valence-corrected chi connectivity index (χ0v) is 24.8. The number of benzene rings is 3. The molecule has 1 aliphatic heterocycles. The molecule has 0 unspecified atom stereocenters. The largest absolute Gasteiger partial charge is 0.497 e. The van der Waals surface area contributed by atoms with Gasteiger partial charge >= 0.3 is 0 Å². The maximum absolute atomic E-state index is 13.2. The molecule has 206 valence electrons. The van der Waals surface area contributed by atoms with Gasteiger partial charge in [-0.1, -0.05) is 45.7 Å². The second-order valence-electron chi connectivity index (χ2n) is 9.81. The number of pyridine rings is 1. The molecule has 3 aromatic carbocycles. The molecule has 1 atom stereocenters. The van der Waals surface area contributed by atoms with Gasteiger partial charge in [-0.3, -0.25) is 19.3 Å². The molecule has 1 aliphatic rings. The van der Waals surface area contributed by atoms with Gasteiger partial charge in [0.2, 0.25) is 5.91 Å². The van der Waals surface area contributed by atoms with Gasteiger partial charge in [0.15, 0.2) is 5.82 Å². The van der Waals surface area contributed by atoms with Gasteiger partial charge in [0.25, 0.3) is 0 Å². The number of hydrogen-bond donors (Lipinski definition) is 1. The van der Waals surface area contributed by atoms with Crippen molar-refractivity contribution in [3.05, 3.63) is 111 Å². The number of nitrogens with one attached hydrogen (secondary N) is 1. The number of rotatable bonds is 7. The number of halogens is 2. The standard InChI is InChI=1S/C31H26BrClN6O2/c1-18-37-38-31-27(16-29(40)34-12-11-19-13-21-3-6-22(32)14-26(21)35-17-19)36-30(20-4-7-23(33)8-5-20)25-15-24(41-2)9-10-28(25)39(18)31/h3-10,13-15,17,27H,11-12,16H2,1-2H3,(H,34,40)/t27-/m0/s1. The summed E-state index contributed by atoms with van der Waals surface area (Å²) in [6.07, 6.45) is 2.63. The fourth-order valence-electron chi connectivity index (χ4n) is 5.05. The average molecular weight is 630 g/mol. The van der Waals surface area contributed by atoms with E-state index in [0.717, 1.165) is 43.5 Å². The Bertz CT molecular complexity index is 1800. The topological polar surface area (TPSA) is 94.3 Å². The van der Waals surface area contributed by atoms with Gasteiger partial charge < -0.3 is 10.1 Å². The Balaban J connectivity index is 1.27. The van der Waals surface area contributed by atoms with Crippen LogP contribution in [0.4, 0.5) is 0 Å². The molecule has 8 nitrogen and oxygen atoms in total. The van der Waals surface area contributed by atoms with Gasteiger partial charge in [-0.25, -0.2) is 0 Å². The molecule has 2 aromatic heterocycles. The number of aryl methyl sites for hydroxylation is 1. The van der Waals surface area contributed by atoms with Crippen molar-refractivity contribution in [2.45, 2.75) is 25.8 Å². The lowest BCUT2D eigenvalue weighted by Crippen LogP contribution is -2.27. The molecule has 0 aliphatic carbocycles. The van der Waals surface area contributed by atoms with E-state index in [4.69, 9.17) is 21.3 Å². The SMILES string of the molecule is COc1ccc2c(c1)C(c1ccc(Cl)cc1)=N[C@@H](CC(=O)NCCc1cnc3cc(Br)ccc3c1)c1nnc(C)n1-2. The highest BCUT2D eigenvalue weighted by molar-refractivity contribution is 9.10. The lowest BCUT2D eigenvalue weighted by Gasteiger charge is -2.14. The maximum Gasteiger partial charge on any atom is 0.222 e. The van der Waals surface area contributed by atoms with Crippen LogP contribution in [0.3, 0.4) is 0 Å². The summed E-state index contributed by atoms with van der Waals surface area (Å²) < 4.78 is 8.50. The van der Waals surface area contributed by atoms with Crippen LogP contribution in [-0.4, -0.2) is 45.0 Å². The molecule has 0 saturated carbocycles. The van der Waals surface area contributed by atoms with Crippen molar-refractivity contribution in [2.75, 3.05) is 13.7 Å². The number of aromatic nitrogens is 4. The van der Waals surface area contributed by atoms with Gasteiger partial charge in [-0.15, -0.1) is 10.2 Å². The Hall–Kier alpha value is -4.08. The van der Waals surface area contributed by atoms with E-state index in [1.807, 2.05) is 78.4 Å². The third-order valence-corrected chi connectivity index (χ3v) is 7.81. The highest BCUT2D eigenvalue weighted by Gasteiger charge is 2.30. The van der Waals surface area contributed by atoms with Crippen molar-refractivity contribution in [1.29, 1.82) is 0 Å². The van der Waals surface area contributed by atoms with Crippen LogP contribution >= 0.6 is 27.5 Å². The van der Waals surface area contributed by atoms with Crippen LogP contribution < -0.4 is 10.1 Å². The third kappa shape index (κ3) is 5.60. The van der Waals surface area contributed by atoms with Crippen molar-refractivity contribution in [1.82, 2.24) is 25.1 Å². The number of fused-ring (bicyclic) bond motifs is 4. The van der Waals surface area contributed by atoms with E-state index < -0.39 is 6.04 Å². The summed E-state index contributed by atoms with van der Waals surface area (Å²) in [6.45, 7) is 2.37. The predicted molar refractivity (Wildman–Crippen MR) is 163 cm³/mol. The van der Waals surface area contributed by atoms with Crippen molar-refractivity contribution >= 4 is 50.1 Å². The molecule has 0 fully saturated rings. The number of ether oxygens (including phenoxy) is 1. The number of methoxy groups -OCH3 is 1. The van der Waals surface area contributed by atoms with E-state index in [9.17, 15) is 4.79 Å². The molecular weight excluding hydrogens is 604 g/mol. The van der Waals surface area contributed by atoms with Crippen LogP contribution in [0, 0.1) is 6.92 Å². The maximum atomic E-state index is 13.2. The first-order valence-electron chi connectivity index (χ1n) is 13.1. The molecule has 6 rings (SSSR count). The van der Waals surface area contributed by atoms with Gasteiger partial charge in [-0.2, -0.15) is 0 Å². The number of carbonyl (C=O) groups is 1. The lowest BCUT2D eigenvalue weighted by atomic mass is 10.00. The van der Waals surface area contributed by atoms with Crippen molar-refractivity contribution < 1.29 is 9.53 Å². The minimum Gasteiger partial charge on any atom is -0.497 e. The first-order valence-corrected chi connectivity index (χ1v) is 14.3. The number of nitrogens with zero attached hydrogens (tertiary/aromatic N) is 5. The second kappa shape index (κ2) is 11.4. The normalized spacial score (nSPS) is 14.1. The van der Waals surface area contributed by atoms with E-state index in [-0.39, 0.29) is 12.3 Å². The summed E-state index contributed by atoms with van der Waals surface area (Å²) in [5.74, 6) is 1.89. The average Bonchev–Trinajstić information content (AvgIpc) is 3.30. The lowest BCUT2D eigenvalue weighted by molar-refractivity contribution is -0.121. The molecule has 5 aromatic rings. The summed E-state index contributed by atoms with van der Waals surface area (Å²) in [7, 11) is 1.63. The van der Waals surface area contributed by atoms with Crippen LogP contribution in [0.15, 0.2) is 82.4 Å². The van der Waals surface area contributed by atoms with Crippen LogP contribution in [0.5, 0.6) is 5.75 Å². The Labute approximate surface area is 250 Å². The van der Waals surface area contributed by atoms with Gasteiger partial charge in [-0.05, 0) is 67.4 Å². The molecule has 1 amide bonds. The zero-order chi connectivity index (χ0) is 28.5. The predicted octanol–water partition coefficient (Wildman–Crippen LogP) is 6.19. The quantitative estimate of drug-likeness (QED) is 0.232. The molecule has 0 radical (unpaired) electrons. The molecule has 10 heteroatoms. The van der Waals surface area contributed by atoms with E-state index in [2.05, 4.69) is 42.5 Å². The summed E-state index contributed by atoms with van der Waals surface area (Å²) in [4.78, 5) is 22.9. The van der Waals surface area contributed by atoms with E-state index >= 15 is 0 Å². The summed E-state index contributed by atoms with van der Waals surface area (Å²) >= 11 is 9.67. The summed E-state index contributed by atoms with van der Waals surface area (Å²) in [5.41, 5.74) is 5.31. The zero-order valence-electron chi connectivity index (χ0n) is 22.4. The first-order chi connectivity index (χ1) is 19.9. The summed E-state index contributed by atoms with van der Waals surface area (Å²) in [5, 5.41) is 13.5. The summed E-state index contributed by atoms with van der Waals surface area (Å²) in [6, 6.07) is 20.9. The van der Waals surface area contributed by atoms with Crippen LogP contribution in [0.25, 0.3) is 16.6 Å². The minimum absolute atomic E-state index is 0.115. The Morgan fingerprint density at radius 2 is 1.90 bits per heavy atom. The number of amides is 1. The van der Waals surface area contributed by atoms with Crippen molar-refractivity contribution in [3.63, 3.8) is 0 Å². The molecule has 0 saturated heterocycles. The van der Waals surface area contributed by atoms with Crippen LogP contribution in [0.2, 0.25) is 5.02 Å². The van der Waals surface area contributed by atoms with E-state index in [0.29, 0.717) is 35.4 Å². The molecule has 41 heavy (non-hydrogen) atoms. The van der Waals surface area contributed by atoms with Crippen LogP contribution in [0.1, 0.15) is 40.8 Å². The third-order valence-electron chi connectivity index (χ3n) is 7.07. The van der Waals surface area contributed by atoms with Crippen molar-refractivity contribution in [2.24, 2.45) is 4.99 Å². The number of hydrogen-bond acceptors (Lipinski definition) is 6. The molecule has 1 N–H and O–H groups in total. The fraction of sp³-hybridized carbons (Fsp3) is 0.194. The highest BCUT2D eigenvalue weighted by atomic mass is 79.9. The first kappa shape index (κ1) is 27.1. The highest BCUT2D eigenvalue weighted by Crippen LogP contribution is 2.34. The van der Waals surface area contributed by atoms with Gasteiger partial charge in [0, 0.05) is 38.8 Å². The Kier molecular flexibility index (Phi) is 7.55. The minimum atomic E-state index is -0.555. The monoisotopic (exact) mass is 628 g/mol. The van der Waals surface area contributed by atoms with Gasteiger partial charge in [0.05, 0.1) is 30.4 Å². The smallest absolute Gasteiger partial charge is 0.222 e. The molecule has 0 bridgehead atoms. The number of aliphatic imine (C=N–C) groups is 1. The fourth-order valence-corrected chi connectivity index (χ4v) is 5.52. The Morgan fingerprint density at radius 1 is 1.07 bits per heavy atom. The number of carbonyl (C=O) groups excluding carboxylic acids is 1. The van der Waals surface area contributed by atoms with E-state index in [1.165, 1.54) is 0 Å². The van der Waals surface area contributed by atoms with Crippen LogP contribution in [-0.2, 0) is 11.2 Å². The van der Waals surface area contributed by atoms with Gasteiger partial charge in [0.1, 0.15) is 17.6 Å². The second-order valence-corrected chi connectivity index (χ2v) is 11.2. The van der Waals surface area contributed by atoms with E-state index in [1.54, 1.807) is 7.11 Å². The Morgan fingerprint density at radius 3 is 2.71 bits per heavy atom. The van der Waals surface area contributed by atoms with Crippen molar-refractivity contribution in [3.8, 4) is 11.4 Å². The molecule has 3 heterocycles. The molecule has 0 spiro atoms.